The van der Waals surface area contributed by atoms with Crippen molar-refractivity contribution in [3.63, 3.8) is 0 Å². The maximum Gasteiger partial charge on any atom is 0.0950 e. The molecular weight excluding hydrogens is 368 g/mol. The Bertz CT molecular complexity index is 644. The molecule has 0 saturated carbocycles. The molecule has 114 valence electrons. The maximum atomic E-state index is 6.51. The second-order valence-corrected chi connectivity index (χ2v) is 8.86. The van der Waals surface area contributed by atoms with Crippen molar-refractivity contribution in [1.82, 2.24) is 4.98 Å². The SMILES string of the molecule is CC(C)(C)c1csc(CC(C)(N)c2ccc(Br)cc2Cl)n1. The molecule has 0 aliphatic heterocycles. The molecule has 0 amide bonds. The molecule has 0 spiro atoms. The van der Waals surface area contributed by atoms with E-state index >= 15 is 0 Å². The lowest BCUT2D eigenvalue weighted by atomic mass is 9.89. The number of aromatic nitrogens is 1. The van der Waals surface area contributed by atoms with Gasteiger partial charge in [-0.1, -0.05) is 54.4 Å². The standard InChI is InChI=1S/C16H20BrClN2S/c1-15(2,3)13-9-21-14(20-13)8-16(4,19)11-6-5-10(17)7-12(11)18/h5-7,9H,8,19H2,1-4H3. The lowest BCUT2D eigenvalue weighted by molar-refractivity contribution is 0.487. The maximum absolute atomic E-state index is 6.51. The number of nitrogens with zero attached hydrogens (tertiary/aromatic N) is 1. The fourth-order valence-corrected chi connectivity index (χ4v) is 4.18. The van der Waals surface area contributed by atoms with Gasteiger partial charge < -0.3 is 5.73 Å². The molecule has 2 aromatic rings. The van der Waals surface area contributed by atoms with Crippen molar-refractivity contribution >= 4 is 38.9 Å². The number of hydrogen-bond acceptors (Lipinski definition) is 3. The second kappa shape index (κ2) is 5.99. The molecule has 1 unspecified atom stereocenters. The Labute approximate surface area is 143 Å². The highest BCUT2D eigenvalue weighted by atomic mass is 79.9. The van der Waals surface area contributed by atoms with E-state index in [1.54, 1.807) is 11.3 Å². The Hall–Kier alpha value is -0.420. The molecule has 0 bridgehead atoms. The van der Waals surface area contributed by atoms with Crippen molar-refractivity contribution in [2.45, 2.75) is 45.1 Å². The van der Waals surface area contributed by atoms with E-state index in [1.807, 2.05) is 25.1 Å². The summed E-state index contributed by atoms with van der Waals surface area (Å²) in [6.07, 6.45) is 0.676. The lowest BCUT2D eigenvalue weighted by Crippen LogP contribution is -2.35. The third-order valence-corrected chi connectivity index (χ3v) is 5.04. The van der Waals surface area contributed by atoms with Crippen LogP contribution in [-0.2, 0) is 17.4 Å². The average molecular weight is 388 g/mol. The van der Waals surface area contributed by atoms with Gasteiger partial charge in [-0.2, -0.15) is 0 Å². The minimum atomic E-state index is -0.537. The van der Waals surface area contributed by atoms with Gasteiger partial charge in [-0.05, 0) is 24.6 Å². The Kier molecular flexibility index (Phi) is 4.84. The van der Waals surface area contributed by atoms with Crippen molar-refractivity contribution in [1.29, 1.82) is 0 Å². The summed E-state index contributed by atoms with van der Waals surface area (Å²) in [6, 6.07) is 5.82. The fraction of sp³-hybridized carbons (Fsp3) is 0.438. The van der Waals surface area contributed by atoms with E-state index in [1.165, 1.54) is 0 Å². The zero-order chi connectivity index (χ0) is 15.8. The molecule has 0 aliphatic rings. The summed E-state index contributed by atoms with van der Waals surface area (Å²) in [4.78, 5) is 4.73. The van der Waals surface area contributed by atoms with Crippen molar-refractivity contribution in [3.8, 4) is 0 Å². The van der Waals surface area contributed by atoms with E-state index in [9.17, 15) is 0 Å². The van der Waals surface area contributed by atoms with Gasteiger partial charge in [0, 0.05) is 32.3 Å². The Morgan fingerprint density at radius 3 is 2.48 bits per heavy atom. The second-order valence-electron chi connectivity index (χ2n) is 6.59. The largest absolute Gasteiger partial charge is 0.321 e. The monoisotopic (exact) mass is 386 g/mol. The van der Waals surface area contributed by atoms with Crippen LogP contribution in [0.5, 0.6) is 0 Å². The van der Waals surface area contributed by atoms with Crippen molar-refractivity contribution in [2.75, 3.05) is 0 Å². The van der Waals surface area contributed by atoms with Gasteiger partial charge in [-0.15, -0.1) is 11.3 Å². The molecule has 2 rings (SSSR count). The van der Waals surface area contributed by atoms with E-state index in [-0.39, 0.29) is 5.41 Å². The number of hydrogen-bond donors (Lipinski definition) is 1. The van der Waals surface area contributed by atoms with Crippen LogP contribution in [-0.4, -0.2) is 4.98 Å². The highest BCUT2D eigenvalue weighted by Gasteiger charge is 2.27. The first-order chi connectivity index (χ1) is 9.59. The van der Waals surface area contributed by atoms with Crippen LogP contribution in [0, 0.1) is 0 Å². The lowest BCUT2D eigenvalue weighted by Gasteiger charge is -2.25. The normalized spacial score (nSPS) is 15.0. The number of thiazole rings is 1. The van der Waals surface area contributed by atoms with Crippen LogP contribution < -0.4 is 5.73 Å². The number of nitrogens with two attached hydrogens (primary N) is 1. The molecule has 2 nitrogen and oxygen atoms in total. The summed E-state index contributed by atoms with van der Waals surface area (Å²) < 4.78 is 0.955. The topological polar surface area (TPSA) is 38.9 Å². The Balaban J connectivity index is 2.26. The molecule has 1 aromatic heterocycles. The molecule has 21 heavy (non-hydrogen) atoms. The Morgan fingerprint density at radius 1 is 1.29 bits per heavy atom. The molecule has 1 atom stereocenters. The third kappa shape index (κ3) is 4.07. The van der Waals surface area contributed by atoms with Crippen molar-refractivity contribution in [3.05, 3.63) is 49.3 Å². The molecular formula is C16H20BrClN2S. The van der Waals surface area contributed by atoms with Gasteiger partial charge >= 0.3 is 0 Å². The van der Waals surface area contributed by atoms with Gasteiger partial charge in [-0.25, -0.2) is 4.98 Å². The molecule has 5 heteroatoms. The molecule has 0 fully saturated rings. The smallest absolute Gasteiger partial charge is 0.0950 e. The van der Waals surface area contributed by atoms with Gasteiger partial charge in [0.1, 0.15) is 0 Å². The first-order valence-corrected chi connectivity index (χ1v) is 8.84. The summed E-state index contributed by atoms with van der Waals surface area (Å²) in [5, 5.41) is 3.85. The first kappa shape index (κ1) is 16.9. The highest BCUT2D eigenvalue weighted by Crippen LogP contribution is 2.33. The highest BCUT2D eigenvalue weighted by molar-refractivity contribution is 9.10. The quantitative estimate of drug-likeness (QED) is 0.778. The van der Waals surface area contributed by atoms with Crippen LogP contribution in [0.1, 0.15) is 44.0 Å². The predicted octanol–water partition coefficient (Wildman–Crippen LogP) is 5.27. The van der Waals surface area contributed by atoms with Gasteiger partial charge in [0.15, 0.2) is 0 Å². The predicted molar refractivity (Wildman–Crippen MR) is 95.2 cm³/mol. The van der Waals surface area contributed by atoms with Gasteiger partial charge in [0.2, 0.25) is 0 Å². The van der Waals surface area contributed by atoms with Gasteiger partial charge in [0.25, 0.3) is 0 Å². The zero-order valence-corrected chi connectivity index (χ0v) is 15.9. The van der Waals surface area contributed by atoms with Crippen LogP contribution >= 0.6 is 38.9 Å². The van der Waals surface area contributed by atoms with Gasteiger partial charge in [0.05, 0.1) is 10.7 Å². The van der Waals surface area contributed by atoms with Crippen LogP contribution in [0.25, 0.3) is 0 Å². The molecule has 1 heterocycles. The van der Waals surface area contributed by atoms with Crippen LogP contribution in [0.4, 0.5) is 0 Å². The Morgan fingerprint density at radius 2 is 1.95 bits per heavy atom. The number of rotatable bonds is 3. The van der Waals surface area contributed by atoms with Gasteiger partial charge in [-0.3, -0.25) is 0 Å². The van der Waals surface area contributed by atoms with Crippen LogP contribution in [0.3, 0.4) is 0 Å². The van der Waals surface area contributed by atoms with Crippen molar-refractivity contribution in [2.24, 2.45) is 5.73 Å². The number of benzene rings is 1. The van der Waals surface area contributed by atoms with E-state index < -0.39 is 5.54 Å². The molecule has 2 N–H and O–H groups in total. The van der Waals surface area contributed by atoms with E-state index in [2.05, 4.69) is 42.1 Å². The molecule has 1 aromatic carbocycles. The third-order valence-electron chi connectivity index (χ3n) is 3.39. The summed E-state index contributed by atoms with van der Waals surface area (Å²) in [6.45, 7) is 8.50. The summed E-state index contributed by atoms with van der Waals surface area (Å²) in [5.74, 6) is 0. The van der Waals surface area contributed by atoms with E-state index in [4.69, 9.17) is 22.3 Å². The molecule has 0 aliphatic carbocycles. The molecule has 0 saturated heterocycles. The van der Waals surface area contributed by atoms with E-state index in [0.717, 1.165) is 20.7 Å². The number of halogens is 2. The molecule has 0 radical (unpaired) electrons. The minimum absolute atomic E-state index is 0.0645. The zero-order valence-electron chi connectivity index (χ0n) is 12.7. The first-order valence-electron chi connectivity index (χ1n) is 6.79. The minimum Gasteiger partial charge on any atom is -0.321 e. The fourth-order valence-electron chi connectivity index (χ4n) is 2.10. The average Bonchev–Trinajstić information content (AvgIpc) is 2.75. The van der Waals surface area contributed by atoms with Crippen LogP contribution in [0.15, 0.2) is 28.1 Å². The summed E-state index contributed by atoms with van der Waals surface area (Å²) in [5.41, 5.74) is 8.09. The van der Waals surface area contributed by atoms with E-state index in [0.29, 0.717) is 11.4 Å². The summed E-state index contributed by atoms with van der Waals surface area (Å²) in [7, 11) is 0. The summed E-state index contributed by atoms with van der Waals surface area (Å²) >= 11 is 11.4. The van der Waals surface area contributed by atoms with Crippen molar-refractivity contribution < 1.29 is 0 Å². The van der Waals surface area contributed by atoms with Crippen LogP contribution in [0.2, 0.25) is 5.02 Å².